The second-order valence-corrected chi connectivity index (χ2v) is 8.65. The first-order valence-electron chi connectivity index (χ1n) is 8.91. The zero-order valence-corrected chi connectivity index (χ0v) is 16.9. The average molecular weight is 418 g/mol. The fourth-order valence-corrected chi connectivity index (χ4v) is 3.94. The molecule has 0 aliphatic heterocycles. The molecule has 3 aromatic rings. The van der Waals surface area contributed by atoms with E-state index in [9.17, 15) is 13.2 Å². The van der Waals surface area contributed by atoms with E-state index in [1.807, 2.05) is 24.3 Å². The Morgan fingerprint density at radius 3 is 2.32 bits per heavy atom. The van der Waals surface area contributed by atoms with Crippen LogP contribution in [0.15, 0.2) is 75.1 Å². The molecule has 28 heavy (non-hydrogen) atoms. The Morgan fingerprint density at radius 1 is 1.00 bits per heavy atom. The molecule has 3 rings (SSSR count). The van der Waals surface area contributed by atoms with Gasteiger partial charge in [0.25, 0.3) is 5.91 Å². The Labute approximate surface area is 169 Å². The van der Waals surface area contributed by atoms with Gasteiger partial charge in [0, 0.05) is 10.7 Å². The van der Waals surface area contributed by atoms with Crippen molar-refractivity contribution in [3.05, 3.63) is 77.0 Å². The van der Waals surface area contributed by atoms with Crippen LogP contribution in [0.2, 0.25) is 5.02 Å². The fraction of sp³-hybridized carbons (Fsp3) is 0.190. The third-order valence-corrected chi connectivity index (χ3v) is 6.12. The molecule has 1 heterocycles. The van der Waals surface area contributed by atoms with Gasteiger partial charge in [-0.25, -0.2) is 8.42 Å². The van der Waals surface area contributed by atoms with E-state index < -0.39 is 15.7 Å². The lowest BCUT2D eigenvalue weighted by atomic mass is 10.1. The first-order chi connectivity index (χ1) is 13.4. The summed E-state index contributed by atoms with van der Waals surface area (Å²) in [6, 6.07) is 15.9. The van der Waals surface area contributed by atoms with Crippen LogP contribution in [0.5, 0.6) is 0 Å². The molecular weight excluding hydrogens is 398 g/mol. The van der Waals surface area contributed by atoms with Crippen molar-refractivity contribution in [1.82, 2.24) is 0 Å². The lowest BCUT2D eigenvalue weighted by Crippen LogP contribution is -2.11. The molecule has 0 aliphatic rings. The molecule has 0 unspecified atom stereocenters. The van der Waals surface area contributed by atoms with Crippen LogP contribution >= 0.6 is 11.6 Å². The molecule has 7 heteroatoms. The lowest BCUT2D eigenvalue weighted by Gasteiger charge is -2.05. The Hall–Kier alpha value is -2.57. The van der Waals surface area contributed by atoms with E-state index in [0.29, 0.717) is 10.7 Å². The van der Waals surface area contributed by atoms with Crippen molar-refractivity contribution in [3.63, 3.8) is 0 Å². The number of halogens is 1. The molecule has 5 nitrogen and oxygen atoms in total. The standard InChI is InChI=1S/C21H20ClNO4S/c1-2-3-4-15-5-9-17(10-6-15)23-21(24)19-13-14-20(27-19)28(25,26)18-11-7-16(22)8-12-18/h5-14H,2-4H2,1H3,(H,23,24). The molecule has 0 saturated heterocycles. The van der Waals surface area contributed by atoms with Crippen LogP contribution in [0, 0.1) is 0 Å². The molecule has 1 N–H and O–H groups in total. The Balaban J connectivity index is 1.72. The predicted octanol–water partition coefficient (Wildman–Crippen LogP) is 5.36. The largest absolute Gasteiger partial charge is 0.439 e. The highest BCUT2D eigenvalue weighted by atomic mass is 35.5. The molecule has 0 atom stereocenters. The van der Waals surface area contributed by atoms with Crippen LogP contribution in [-0.2, 0) is 16.3 Å². The van der Waals surface area contributed by atoms with Gasteiger partial charge >= 0.3 is 0 Å². The molecule has 0 radical (unpaired) electrons. The number of rotatable bonds is 7. The van der Waals surface area contributed by atoms with Crippen molar-refractivity contribution >= 4 is 33.0 Å². The Kier molecular flexibility index (Phi) is 6.21. The molecule has 146 valence electrons. The smallest absolute Gasteiger partial charge is 0.291 e. The van der Waals surface area contributed by atoms with Crippen LogP contribution in [0.4, 0.5) is 5.69 Å². The summed E-state index contributed by atoms with van der Waals surface area (Å²) in [5.74, 6) is -0.596. The van der Waals surface area contributed by atoms with E-state index >= 15 is 0 Å². The average Bonchev–Trinajstić information content (AvgIpc) is 3.19. The summed E-state index contributed by atoms with van der Waals surface area (Å²) in [6.45, 7) is 2.14. The second-order valence-electron chi connectivity index (χ2n) is 6.33. The summed E-state index contributed by atoms with van der Waals surface area (Å²) in [4.78, 5) is 12.4. The van der Waals surface area contributed by atoms with Gasteiger partial charge in [-0.05, 0) is 66.9 Å². The molecule has 0 saturated carbocycles. The van der Waals surface area contributed by atoms with E-state index in [2.05, 4.69) is 12.2 Å². The number of sulfone groups is 1. The number of carbonyl (C=O) groups is 1. The van der Waals surface area contributed by atoms with Crippen molar-refractivity contribution < 1.29 is 17.6 Å². The molecule has 0 aliphatic carbocycles. The number of nitrogens with one attached hydrogen (secondary N) is 1. The Morgan fingerprint density at radius 2 is 1.68 bits per heavy atom. The molecule has 0 fully saturated rings. The summed E-state index contributed by atoms with van der Waals surface area (Å²) in [7, 11) is -3.86. The van der Waals surface area contributed by atoms with E-state index in [1.165, 1.54) is 42.0 Å². The van der Waals surface area contributed by atoms with Crippen molar-refractivity contribution in [3.8, 4) is 0 Å². The van der Waals surface area contributed by atoms with Crippen molar-refractivity contribution in [2.45, 2.75) is 36.2 Å². The molecule has 1 aromatic heterocycles. The van der Waals surface area contributed by atoms with E-state index in [4.69, 9.17) is 16.0 Å². The van der Waals surface area contributed by atoms with Crippen LogP contribution in [0.25, 0.3) is 0 Å². The number of carbonyl (C=O) groups excluding carboxylic acids is 1. The third-order valence-electron chi connectivity index (χ3n) is 4.22. The number of furan rings is 1. The van der Waals surface area contributed by atoms with Gasteiger partial charge < -0.3 is 9.73 Å². The van der Waals surface area contributed by atoms with Gasteiger partial charge in [0.2, 0.25) is 14.9 Å². The summed E-state index contributed by atoms with van der Waals surface area (Å²) in [5.41, 5.74) is 1.82. The van der Waals surface area contributed by atoms with Crippen molar-refractivity contribution in [2.75, 3.05) is 5.32 Å². The van der Waals surface area contributed by atoms with Crippen LogP contribution in [0.1, 0.15) is 35.9 Å². The number of hydrogen-bond acceptors (Lipinski definition) is 4. The van der Waals surface area contributed by atoms with Gasteiger partial charge in [0.1, 0.15) is 0 Å². The number of unbranched alkanes of at least 4 members (excludes halogenated alkanes) is 1. The minimum absolute atomic E-state index is 0.0425. The number of aryl methyl sites for hydroxylation is 1. The minimum Gasteiger partial charge on any atom is -0.439 e. The monoisotopic (exact) mass is 417 g/mol. The zero-order valence-electron chi connectivity index (χ0n) is 15.3. The lowest BCUT2D eigenvalue weighted by molar-refractivity contribution is 0.0991. The van der Waals surface area contributed by atoms with E-state index in [-0.39, 0.29) is 15.7 Å². The first-order valence-corrected chi connectivity index (χ1v) is 10.8. The zero-order chi connectivity index (χ0) is 20.1. The molecule has 0 spiro atoms. The topological polar surface area (TPSA) is 76.4 Å². The normalized spacial score (nSPS) is 11.4. The van der Waals surface area contributed by atoms with Gasteiger partial charge in [-0.2, -0.15) is 0 Å². The van der Waals surface area contributed by atoms with Crippen LogP contribution in [0.3, 0.4) is 0 Å². The van der Waals surface area contributed by atoms with Gasteiger partial charge in [0.15, 0.2) is 5.76 Å². The van der Waals surface area contributed by atoms with Gasteiger partial charge in [0.05, 0.1) is 4.90 Å². The maximum atomic E-state index is 12.6. The third kappa shape index (κ3) is 4.64. The van der Waals surface area contributed by atoms with Crippen LogP contribution < -0.4 is 5.32 Å². The predicted molar refractivity (Wildman–Crippen MR) is 109 cm³/mol. The fourth-order valence-electron chi connectivity index (χ4n) is 2.64. The van der Waals surface area contributed by atoms with Gasteiger partial charge in [-0.15, -0.1) is 0 Å². The van der Waals surface area contributed by atoms with Gasteiger partial charge in [-0.1, -0.05) is 37.1 Å². The summed E-state index contributed by atoms with van der Waals surface area (Å²) < 4.78 is 30.5. The highest BCUT2D eigenvalue weighted by Crippen LogP contribution is 2.24. The number of anilines is 1. The molecular formula is C21H20ClNO4S. The minimum atomic E-state index is -3.86. The molecule has 2 aromatic carbocycles. The highest BCUT2D eigenvalue weighted by Gasteiger charge is 2.23. The highest BCUT2D eigenvalue weighted by molar-refractivity contribution is 7.91. The van der Waals surface area contributed by atoms with Crippen LogP contribution in [-0.4, -0.2) is 14.3 Å². The SMILES string of the molecule is CCCCc1ccc(NC(=O)c2ccc(S(=O)(=O)c3ccc(Cl)cc3)o2)cc1. The summed E-state index contributed by atoms with van der Waals surface area (Å²) >= 11 is 5.79. The summed E-state index contributed by atoms with van der Waals surface area (Å²) in [6.07, 6.45) is 3.23. The summed E-state index contributed by atoms with van der Waals surface area (Å²) in [5, 5.41) is 2.84. The number of hydrogen-bond donors (Lipinski definition) is 1. The van der Waals surface area contributed by atoms with Crippen molar-refractivity contribution in [1.29, 1.82) is 0 Å². The first kappa shape index (κ1) is 20.2. The second kappa shape index (κ2) is 8.63. The Bertz CT molecular complexity index is 1050. The number of benzene rings is 2. The van der Waals surface area contributed by atoms with Gasteiger partial charge in [-0.3, -0.25) is 4.79 Å². The quantitative estimate of drug-likeness (QED) is 0.561. The number of amides is 1. The maximum absolute atomic E-state index is 12.6. The van der Waals surface area contributed by atoms with E-state index in [0.717, 1.165) is 19.3 Å². The molecule has 1 amide bonds. The maximum Gasteiger partial charge on any atom is 0.291 e. The molecule has 0 bridgehead atoms. The van der Waals surface area contributed by atoms with E-state index in [1.54, 1.807) is 0 Å². The van der Waals surface area contributed by atoms with Crippen molar-refractivity contribution in [2.24, 2.45) is 0 Å².